The van der Waals surface area contributed by atoms with Gasteiger partial charge in [0.05, 0.1) is 6.61 Å². The molecule has 0 saturated carbocycles. The molecule has 0 amide bonds. The van der Waals surface area contributed by atoms with Crippen LogP contribution in [-0.4, -0.2) is 79.2 Å². The molecule has 2 fully saturated rings. The molecule has 3 heterocycles. The van der Waals surface area contributed by atoms with Gasteiger partial charge >= 0.3 is 0 Å². The van der Waals surface area contributed by atoms with Crippen molar-refractivity contribution in [3.8, 4) is 5.75 Å². The largest absolute Gasteiger partial charge is 0.493 e. The first kappa shape index (κ1) is 16.4. The van der Waals surface area contributed by atoms with Crippen molar-refractivity contribution in [3.05, 3.63) is 29.3 Å². The van der Waals surface area contributed by atoms with Crippen molar-refractivity contribution < 1.29 is 4.74 Å². The van der Waals surface area contributed by atoms with Crippen LogP contribution < -0.4 is 4.74 Å². The lowest BCUT2D eigenvalue weighted by Gasteiger charge is -2.48. The molecule has 4 rings (SSSR count). The summed E-state index contributed by atoms with van der Waals surface area (Å²) in [6.45, 7) is 14.2. The number of hydrogen-bond donors (Lipinski definition) is 0. The Morgan fingerprint density at radius 1 is 1.12 bits per heavy atom. The van der Waals surface area contributed by atoms with Gasteiger partial charge in [-0.2, -0.15) is 0 Å². The minimum absolute atomic E-state index is 0.697. The van der Waals surface area contributed by atoms with Crippen molar-refractivity contribution in [2.45, 2.75) is 38.8 Å². The zero-order valence-corrected chi connectivity index (χ0v) is 15.2. The van der Waals surface area contributed by atoms with E-state index in [2.05, 4.69) is 46.7 Å². The van der Waals surface area contributed by atoms with Gasteiger partial charge in [0.25, 0.3) is 0 Å². The second-order valence-electron chi connectivity index (χ2n) is 7.87. The lowest BCUT2D eigenvalue weighted by Crippen LogP contribution is -2.63. The van der Waals surface area contributed by atoms with Crippen LogP contribution in [0.25, 0.3) is 0 Å². The lowest BCUT2D eigenvalue weighted by atomic mass is 10.0. The molecule has 4 heteroatoms. The normalized spacial score (nSPS) is 23.3. The van der Waals surface area contributed by atoms with E-state index in [1.54, 1.807) is 0 Å². The van der Waals surface area contributed by atoms with Crippen LogP contribution in [-0.2, 0) is 12.8 Å². The number of benzene rings is 1. The van der Waals surface area contributed by atoms with Crippen LogP contribution in [0.3, 0.4) is 0 Å². The molecule has 1 aromatic carbocycles. The Morgan fingerprint density at radius 2 is 1.92 bits per heavy atom. The predicted molar refractivity (Wildman–Crippen MR) is 97.9 cm³/mol. The monoisotopic (exact) mass is 329 g/mol. The highest BCUT2D eigenvalue weighted by molar-refractivity contribution is 5.39. The molecular weight excluding hydrogens is 298 g/mol. The fourth-order valence-electron chi connectivity index (χ4n) is 4.26. The van der Waals surface area contributed by atoms with Crippen molar-refractivity contribution >= 4 is 0 Å². The van der Waals surface area contributed by atoms with Crippen molar-refractivity contribution in [2.75, 3.05) is 52.4 Å². The quantitative estimate of drug-likeness (QED) is 0.821. The Kier molecular flexibility index (Phi) is 4.79. The van der Waals surface area contributed by atoms with Gasteiger partial charge < -0.3 is 4.74 Å². The fraction of sp³-hybridized carbons (Fsp3) is 0.700. The van der Waals surface area contributed by atoms with Crippen molar-refractivity contribution in [2.24, 2.45) is 0 Å². The van der Waals surface area contributed by atoms with E-state index < -0.39 is 0 Å². The molecule has 24 heavy (non-hydrogen) atoms. The highest BCUT2D eigenvalue weighted by Crippen LogP contribution is 2.26. The first-order valence-corrected chi connectivity index (χ1v) is 9.64. The predicted octanol–water partition coefficient (Wildman–Crippen LogP) is 1.87. The maximum atomic E-state index is 5.60. The van der Waals surface area contributed by atoms with E-state index >= 15 is 0 Å². The Bertz CT molecular complexity index is 560. The van der Waals surface area contributed by atoms with Crippen molar-refractivity contribution in [1.29, 1.82) is 0 Å². The van der Waals surface area contributed by atoms with Crippen LogP contribution in [0.4, 0.5) is 0 Å². The van der Waals surface area contributed by atoms with Crippen molar-refractivity contribution in [1.82, 2.24) is 14.7 Å². The van der Waals surface area contributed by atoms with Crippen LogP contribution in [0.15, 0.2) is 18.2 Å². The van der Waals surface area contributed by atoms with Gasteiger partial charge in [0, 0.05) is 64.3 Å². The first-order valence-electron chi connectivity index (χ1n) is 9.64. The van der Waals surface area contributed by atoms with E-state index in [0.717, 1.165) is 24.8 Å². The average molecular weight is 329 g/mol. The lowest BCUT2D eigenvalue weighted by molar-refractivity contribution is 0.000117. The van der Waals surface area contributed by atoms with E-state index in [1.807, 2.05) is 0 Å². The maximum Gasteiger partial charge on any atom is 0.122 e. The summed E-state index contributed by atoms with van der Waals surface area (Å²) >= 11 is 0. The Balaban J connectivity index is 1.19. The van der Waals surface area contributed by atoms with Crippen molar-refractivity contribution in [3.63, 3.8) is 0 Å². The van der Waals surface area contributed by atoms with Gasteiger partial charge in [0.2, 0.25) is 0 Å². The number of ether oxygens (including phenoxy) is 1. The third kappa shape index (κ3) is 3.46. The molecule has 0 spiro atoms. The molecule has 1 aromatic rings. The van der Waals surface area contributed by atoms with Gasteiger partial charge in [-0.05, 0) is 37.5 Å². The summed E-state index contributed by atoms with van der Waals surface area (Å²) in [6.07, 6.45) is 2.25. The molecular formula is C20H31N3O. The number of nitrogens with zero attached hydrogens (tertiary/aromatic N) is 3. The standard InChI is InChI=1S/C20H31N3O/c1-16(2)22-8-10-23(11-9-22)19-14-21(15-19)7-5-17-3-4-20-18(13-17)6-12-24-20/h3-4,13,16,19H,5-12,14-15H2,1-2H3. The molecule has 3 aliphatic heterocycles. The number of fused-ring (bicyclic) bond motifs is 1. The number of rotatable bonds is 5. The van der Waals surface area contributed by atoms with Crippen LogP contribution in [0.1, 0.15) is 25.0 Å². The van der Waals surface area contributed by atoms with E-state index in [9.17, 15) is 0 Å². The molecule has 3 aliphatic rings. The van der Waals surface area contributed by atoms with E-state index in [1.165, 1.54) is 63.4 Å². The number of hydrogen-bond acceptors (Lipinski definition) is 4. The van der Waals surface area contributed by atoms with Crippen LogP contribution in [0.2, 0.25) is 0 Å². The first-order chi connectivity index (χ1) is 11.7. The molecule has 0 bridgehead atoms. The summed E-state index contributed by atoms with van der Waals surface area (Å²) in [4.78, 5) is 7.93. The molecule has 2 saturated heterocycles. The minimum Gasteiger partial charge on any atom is -0.493 e. The molecule has 0 aliphatic carbocycles. The second-order valence-corrected chi connectivity index (χ2v) is 7.87. The third-order valence-corrected chi connectivity index (χ3v) is 6.00. The second kappa shape index (κ2) is 7.03. The summed E-state index contributed by atoms with van der Waals surface area (Å²) in [7, 11) is 0. The smallest absolute Gasteiger partial charge is 0.122 e. The highest BCUT2D eigenvalue weighted by Gasteiger charge is 2.33. The van der Waals surface area contributed by atoms with Crippen LogP contribution in [0, 0.1) is 0 Å². The Labute approximate surface area is 146 Å². The number of piperazine rings is 1. The molecule has 0 N–H and O–H groups in total. The topological polar surface area (TPSA) is 19.0 Å². The molecule has 0 unspecified atom stereocenters. The van der Waals surface area contributed by atoms with E-state index in [0.29, 0.717) is 6.04 Å². The highest BCUT2D eigenvalue weighted by atomic mass is 16.5. The van der Waals surface area contributed by atoms with Gasteiger partial charge in [0.15, 0.2) is 0 Å². The van der Waals surface area contributed by atoms with Crippen LogP contribution in [0.5, 0.6) is 5.75 Å². The number of likely N-dealkylation sites (tertiary alicyclic amines) is 1. The summed E-state index contributed by atoms with van der Waals surface area (Å²) in [5, 5.41) is 0. The van der Waals surface area contributed by atoms with Gasteiger partial charge in [-0.15, -0.1) is 0 Å². The Hall–Kier alpha value is -1.10. The average Bonchev–Trinajstić information content (AvgIpc) is 3.01. The molecule has 132 valence electrons. The zero-order chi connectivity index (χ0) is 16.5. The molecule has 4 nitrogen and oxygen atoms in total. The van der Waals surface area contributed by atoms with Gasteiger partial charge in [-0.1, -0.05) is 12.1 Å². The van der Waals surface area contributed by atoms with Gasteiger partial charge in [0.1, 0.15) is 5.75 Å². The van der Waals surface area contributed by atoms with E-state index in [-0.39, 0.29) is 0 Å². The summed E-state index contributed by atoms with van der Waals surface area (Å²) < 4.78 is 5.60. The van der Waals surface area contributed by atoms with E-state index in [4.69, 9.17) is 4.74 Å². The summed E-state index contributed by atoms with van der Waals surface area (Å²) in [5.41, 5.74) is 2.87. The zero-order valence-electron chi connectivity index (χ0n) is 15.2. The maximum absolute atomic E-state index is 5.60. The Morgan fingerprint density at radius 3 is 2.67 bits per heavy atom. The summed E-state index contributed by atoms with van der Waals surface area (Å²) in [6, 6.07) is 8.25. The summed E-state index contributed by atoms with van der Waals surface area (Å²) in [5.74, 6) is 1.10. The third-order valence-electron chi connectivity index (χ3n) is 6.00. The van der Waals surface area contributed by atoms with Crippen LogP contribution >= 0.6 is 0 Å². The minimum atomic E-state index is 0.697. The molecule has 0 aromatic heterocycles. The SMILES string of the molecule is CC(C)N1CCN(C2CN(CCc3ccc4c(c3)CCO4)C2)CC1. The van der Waals surface area contributed by atoms with Gasteiger partial charge in [-0.3, -0.25) is 14.7 Å². The fourth-order valence-corrected chi connectivity index (χ4v) is 4.26. The molecule has 0 atom stereocenters. The molecule has 0 radical (unpaired) electrons. The van der Waals surface area contributed by atoms with Gasteiger partial charge in [-0.25, -0.2) is 0 Å².